The fourth-order valence-corrected chi connectivity index (χ4v) is 3.54. The molecular weight excluding hydrogens is 419 g/mol. The Hall–Kier alpha value is -2.39. The first-order valence-corrected chi connectivity index (χ1v) is 10.0. The van der Waals surface area contributed by atoms with Gasteiger partial charge in [-0.15, -0.1) is 0 Å². The minimum absolute atomic E-state index is 0.395. The molecule has 31 heavy (non-hydrogen) atoms. The van der Waals surface area contributed by atoms with Gasteiger partial charge in [0.15, 0.2) is 5.75 Å². The normalized spacial score (nSPS) is 15.3. The van der Waals surface area contributed by atoms with Crippen molar-refractivity contribution in [3.63, 3.8) is 0 Å². The standard InChI is InChI=1S/C22H25F5N2O2/c1-28-8-10-29(11-9-28)7-3-4-14-5-6-16(30-2)15(12-14)13-31-22-20(26)18(24)17(23)19(25)21(22)27/h5-6,12H,3-4,7-11,13H2,1-2H3. The molecule has 3 rings (SSSR count). The Morgan fingerprint density at radius 3 is 2.10 bits per heavy atom. The number of hydrogen-bond acceptors (Lipinski definition) is 4. The summed E-state index contributed by atoms with van der Waals surface area (Å²) in [5, 5.41) is 0. The van der Waals surface area contributed by atoms with Gasteiger partial charge < -0.3 is 19.3 Å². The van der Waals surface area contributed by atoms with Gasteiger partial charge in [-0.1, -0.05) is 6.07 Å². The molecule has 0 N–H and O–H groups in total. The molecule has 9 heteroatoms. The van der Waals surface area contributed by atoms with E-state index >= 15 is 0 Å². The van der Waals surface area contributed by atoms with Gasteiger partial charge in [0, 0.05) is 31.7 Å². The zero-order chi connectivity index (χ0) is 22.5. The summed E-state index contributed by atoms with van der Waals surface area (Å²) in [6.45, 7) is 4.69. The maximum Gasteiger partial charge on any atom is 0.207 e. The number of likely N-dealkylation sites (N-methyl/N-ethyl adjacent to an activating group) is 1. The molecule has 1 saturated heterocycles. The van der Waals surface area contributed by atoms with E-state index in [2.05, 4.69) is 16.8 Å². The maximum atomic E-state index is 13.8. The lowest BCUT2D eigenvalue weighted by molar-refractivity contribution is 0.153. The third kappa shape index (κ3) is 5.46. The zero-order valence-electron chi connectivity index (χ0n) is 17.5. The van der Waals surface area contributed by atoms with E-state index in [0.717, 1.165) is 51.1 Å². The molecule has 4 nitrogen and oxygen atoms in total. The Labute approximate surface area is 178 Å². The molecule has 0 saturated carbocycles. The molecule has 1 heterocycles. The maximum absolute atomic E-state index is 13.8. The number of piperazine rings is 1. The minimum Gasteiger partial charge on any atom is -0.496 e. The summed E-state index contributed by atoms with van der Waals surface area (Å²) in [4.78, 5) is 4.69. The monoisotopic (exact) mass is 444 g/mol. The summed E-state index contributed by atoms with van der Waals surface area (Å²) in [7, 11) is 3.52. The summed E-state index contributed by atoms with van der Waals surface area (Å²) >= 11 is 0. The van der Waals surface area contributed by atoms with Gasteiger partial charge in [-0.2, -0.15) is 8.78 Å². The molecule has 0 spiro atoms. The number of aryl methyl sites for hydroxylation is 1. The van der Waals surface area contributed by atoms with Crippen molar-refractivity contribution in [2.45, 2.75) is 19.4 Å². The van der Waals surface area contributed by atoms with E-state index in [0.29, 0.717) is 11.3 Å². The van der Waals surface area contributed by atoms with Gasteiger partial charge in [0.05, 0.1) is 7.11 Å². The first-order valence-electron chi connectivity index (χ1n) is 10.0. The lowest BCUT2D eigenvalue weighted by Crippen LogP contribution is -2.44. The predicted molar refractivity (Wildman–Crippen MR) is 106 cm³/mol. The van der Waals surface area contributed by atoms with E-state index < -0.39 is 41.4 Å². The van der Waals surface area contributed by atoms with E-state index in [1.165, 1.54) is 7.11 Å². The van der Waals surface area contributed by atoms with E-state index in [-0.39, 0.29) is 0 Å². The summed E-state index contributed by atoms with van der Waals surface area (Å²) in [5.74, 6) is -11.2. The van der Waals surface area contributed by atoms with Gasteiger partial charge in [-0.05, 0) is 44.1 Å². The first kappa shape index (κ1) is 23.3. The Morgan fingerprint density at radius 2 is 1.48 bits per heavy atom. The molecule has 1 aliphatic rings. The van der Waals surface area contributed by atoms with E-state index in [9.17, 15) is 22.0 Å². The van der Waals surface area contributed by atoms with Crippen molar-refractivity contribution >= 4 is 0 Å². The highest BCUT2D eigenvalue weighted by Gasteiger charge is 2.27. The predicted octanol–water partition coefficient (Wildman–Crippen LogP) is 4.15. The molecule has 0 atom stereocenters. The molecule has 1 aliphatic heterocycles. The van der Waals surface area contributed by atoms with Gasteiger partial charge >= 0.3 is 0 Å². The first-order chi connectivity index (χ1) is 14.8. The van der Waals surface area contributed by atoms with Crippen LogP contribution in [0.5, 0.6) is 11.5 Å². The average molecular weight is 444 g/mol. The van der Waals surface area contributed by atoms with Crippen LogP contribution in [0, 0.1) is 29.1 Å². The van der Waals surface area contributed by atoms with Crippen LogP contribution in [-0.2, 0) is 13.0 Å². The third-order valence-corrected chi connectivity index (χ3v) is 5.42. The van der Waals surface area contributed by atoms with Crippen molar-refractivity contribution in [2.75, 3.05) is 46.9 Å². The third-order valence-electron chi connectivity index (χ3n) is 5.42. The molecule has 0 unspecified atom stereocenters. The molecule has 0 radical (unpaired) electrons. The molecule has 0 bridgehead atoms. The van der Waals surface area contributed by atoms with Crippen LogP contribution >= 0.6 is 0 Å². The molecule has 0 aliphatic carbocycles. The van der Waals surface area contributed by atoms with E-state index in [1.807, 2.05) is 6.07 Å². The van der Waals surface area contributed by atoms with Gasteiger partial charge in [0.1, 0.15) is 12.4 Å². The number of rotatable bonds is 8. The van der Waals surface area contributed by atoms with Crippen molar-refractivity contribution in [1.82, 2.24) is 9.80 Å². The van der Waals surface area contributed by atoms with Crippen molar-refractivity contribution < 1.29 is 31.4 Å². The second-order valence-electron chi connectivity index (χ2n) is 7.58. The van der Waals surface area contributed by atoms with Crippen molar-refractivity contribution in [3.05, 3.63) is 58.4 Å². The van der Waals surface area contributed by atoms with Crippen LogP contribution in [0.4, 0.5) is 22.0 Å². The topological polar surface area (TPSA) is 24.9 Å². The van der Waals surface area contributed by atoms with Crippen LogP contribution in [0.1, 0.15) is 17.5 Å². The Balaban J connectivity index is 1.66. The molecule has 2 aromatic rings. The summed E-state index contributed by atoms with van der Waals surface area (Å²) < 4.78 is 77.9. The van der Waals surface area contributed by atoms with E-state index in [4.69, 9.17) is 9.47 Å². The number of hydrogen-bond donors (Lipinski definition) is 0. The molecule has 170 valence electrons. The fraction of sp³-hybridized carbons (Fsp3) is 0.455. The molecule has 0 amide bonds. The zero-order valence-corrected chi connectivity index (χ0v) is 17.5. The number of methoxy groups -OCH3 is 1. The van der Waals surface area contributed by atoms with Crippen LogP contribution in [0.25, 0.3) is 0 Å². The quantitative estimate of drug-likeness (QED) is 0.347. The molecule has 2 aromatic carbocycles. The average Bonchev–Trinajstić information content (AvgIpc) is 2.78. The van der Waals surface area contributed by atoms with Gasteiger partial charge in [0.2, 0.25) is 29.1 Å². The SMILES string of the molecule is COc1ccc(CCCN2CCN(C)CC2)cc1COc1c(F)c(F)c(F)c(F)c1F. The molecule has 1 fully saturated rings. The largest absolute Gasteiger partial charge is 0.496 e. The molecule has 0 aromatic heterocycles. The van der Waals surface area contributed by atoms with Crippen molar-refractivity contribution in [3.8, 4) is 11.5 Å². The van der Waals surface area contributed by atoms with Crippen LogP contribution in [0.2, 0.25) is 0 Å². The number of nitrogens with zero attached hydrogens (tertiary/aromatic N) is 2. The number of halogens is 5. The van der Waals surface area contributed by atoms with Crippen LogP contribution in [0.3, 0.4) is 0 Å². The minimum atomic E-state index is -2.22. The Kier molecular flexibility index (Phi) is 7.72. The lowest BCUT2D eigenvalue weighted by Gasteiger charge is -2.32. The van der Waals surface area contributed by atoms with Gasteiger partial charge in [-0.25, -0.2) is 13.2 Å². The van der Waals surface area contributed by atoms with Crippen molar-refractivity contribution in [2.24, 2.45) is 0 Å². The van der Waals surface area contributed by atoms with Crippen LogP contribution in [-0.4, -0.2) is 56.7 Å². The second-order valence-corrected chi connectivity index (χ2v) is 7.58. The summed E-state index contributed by atoms with van der Waals surface area (Å²) in [6, 6.07) is 5.34. The van der Waals surface area contributed by atoms with Crippen LogP contribution in [0.15, 0.2) is 18.2 Å². The highest BCUT2D eigenvalue weighted by Crippen LogP contribution is 2.31. The Bertz CT molecular complexity index is 888. The number of benzene rings is 2. The summed E-state index contributed by atoms with van der Waals surface area (Å²) in [6.07, 6.45) is 1.69. The number of ether oxygens (including phenoxy) is 2. The summed E-state index contributed by atoms with van der Waals surface area (Å²) in [5.41, 5.74) is 1.41. The lowest BCUT2D eigenvalue weighted by atomic mass is 10.1. The highest BCUT2D eigenvalue weighted by molar-refractivity contribution is 5.38. The molecular formula is C22H25F5N2O2. The van der Waals surface area contributed by atoms with Gasteiger partial charge in [-0.3, -0.25) is 0 Å². The Morgan fingerprint density at radius 1 is 0.871 bits per heavy atom. The van der Waals surface area contributed by atoms with Gasteiger partial charge in [0.25, 0.3) is 0 Å². The van der Waals surface area contributed by atoms with Crippen molar-refractivity contribution in [1.29, 1.82) is 0 Å². The van der Waals surface area contributed by atoms with E-state index in [1.54, 1.807) is 12.1 Å². The van der Waals surface area contributed by atoms with Crippen LogP contribution < -0.4 is 9.47 Å². The fourth-order valence-electron chi connectivity index (χ4n) is 3.54. The highest BCUT2D eigenvalue weighted by atomic mass is 19.2. The smallest absolute Gasteiger partial charge is 0.207 e. The second kappa shape index (κ2) is 10.3.